The molecule has 0 amide bonds. The van der Waals surface area contributed by atoms with Crippen molar-refractivity contribution in [3.05, 3.63) is 53.9 Å². The smallest absolute Gasteiger partial charge is 0.225 e. The normalized spacial score (nSPS) is 15.1. The maximum atomic E-state index is 13.3. The lowest BCUT2D eigenvalue weighted by Gasteiger charge is -2.36. The summed E-state index contributed by atoms with van der Waals surface area (Å²) in [5.74, 6) is 0.454. The molecule has 1 aromatic carbocycles. The summed E-state index contributed by atoms with van der Waals surface area (Å²) in [6.07, 6.45) is 3.98. The highest BCUT2D eigenvalue weighted by molar-refractivity contribution is 5.80. The van der Waals surface area contributed by atoms with Crippen molar-refractivity contribution in [2.45, 2.75) is 13.3 Å². The van der Waals surface area contributed by atoms with Crippen LogP contribution in [0.4, 0.5) is 14.7 Å². The summed E-state index contributed by atoms with van der Waals surface area (Å²) in [7, 11) is 0. The van der Waals surface area contributed by atoms with Crippen LogP contribution in [-0.2, 0) is 6.42 Å². The van der Waals surface area contributed by atoms with Crippen molar-refractivity contribution >= 4 is 11.9 Å². The molecular weight excluding hydrogens is 350 g/mol. The maximum Gasteiger partial charge on any atom is 0.225 e. The van der Waals surface area contributed by atoms with Gasteiger partial charge in [0.15, 0.2) is 5.96 Å². The van der Waals surface area contributed by atoms with Gasteiger partial charge < -0.3 is 15.1 Å². The molecule has 0 radical (unpaired) electrons. The lowest BCUT2D eigenvalue weighted by Crippen LogP contribution is -2.53. The molecule has 0 bridgehead atoms. The molecule has 27 heavy (non-hydrogen) atoms. The second-order valence-electron chi connectivity index (χ2n) is 6.29. The van der Waals surface area contributed by atoms with Gasteiger partial charge in [0.2, 0.25) is 5.95 Å². The number of aromatic nitrogens is 2. The predicted octanol–water partition coefficient (Wildman–Crippen LogP) is 2.08. The molecule has 2 heterocycles. The van der Waals surface area contributed by atoms with Crippen LogP contribution in [-0.4, -0.2) is 60.1 Å². The Balaban J connectivity index is 1.57. The van der Waals surface area contributed by atoms with Crippen LogP contribution in [0.5, 0.6) is 0 Å². The highest BCUT2D eigenvalue weighted by Crippen LogP contribution is 2.11. The summed E-state index contributed by atoms with van der Waals surface area (Å²) in [4.78, 5) is 17.6. The van der Waals surface area contributed by atoms with Gasteiger partial charge in [0.1, 0.15) is 11.6 Å². The Bertz CT molecular complexity index is 740. The monoisotopic (exact) mass is 374 g/mol. The van der Waals surface area contributed by atoms with Crippen molar-refractivity contribution < 1.29 is 8.78 Å². The summed E-state index contributed by atoms with van der Waals surface area (Å²) in [5.41, 5.74) is 0.609. The van der Waals surface area contributed by atoms with Gasteiger partial charge >= 0.3 is 0 Å². The third-order valence-corrected chi connectivity index (χ3v) is 4.33. The van der Waals surface area contributed by atoms with Crippen LogP contribution in [0, 0.1) is 11.6 Å². The first kappa shape index (κ1) is 19.0. The van der Waals surface area contributed by atoms with Gasteiger partial charge in [0.25, 0.3) is 0 Å². The van der Waals surface area contributed by atoms with Crippen LogP contribution in [0.2, 0.25) is 0 Å². The Morgan fingerprint density at radius 3 is 2.37 bits per heavy atom. The molecule has 1 aromatic heterocycles. The van der Waals surface area contributed by atoms with E-state index in [1.165, 1.54) is 12.1 Å². The number of guanidine groups is 1. The first-order valence-corrected chi connectivity index (χ1v) is 9.16. The van der Waals surface area contributed by atoms with E-state index in [1.54, 1.807) is 18.5 Å². The van der Waals surface area contributed by atoms with E-state index in [1.807, 2.05) is 6.92 Å². The summed E-state index contributed by atoms with van der Waals surface area (Å²) in [6.45, 7) is 6.47. The first-order valence-electron chi connectivity index (χ1n) is 9.16. The van der Waals surface area contributed by atoms with Crippen molar-refractivity contribution in [3.8, 4) is 0 Å². The molecule has 6 nitrogen and oxygen atoms in total. The highest BCUT2D eigenvalue weighted by atomic mass is 19.1. The van der Waals surface area contributed by atoms with E-state index in [9.17, 15) is 8.78 Å². The largest absolute Gasteiger partial charge is 0.357 e. The molecule has 144 valence electrons. The molecule has 0 spiro atoms. The quantitative estimate of drug-likeness (QED) is 0.642. The number of anilines is 1. The van der Waals surface area contributed by atoms with Gasteiger partial charge in [-0.3, -0.25) is 4.99 Å². The van der Waals surface area contributed by atoms with Crippen molar-refractivity contribution in [2.24, 2.45) is 4.99 Å². The molecule has 0 aliphatic carbocycles. The van der Waals surface area contributed by atoms with Crippen molar-refractivity contribution in [1.82, 2.24) is 20.2 Å². The first-order chi connectivity index (χ1) is 13.2. The topological polar surface area (TPSA) is 56.7 Å². The van der Waals surface area contributed by atoms with Crippen LogP contribution >= 0.6 is 0 Å². The van der Waals surface area contributed by atoms with E-state index >= 15 is 0 Å². The van der Waals surface area contributed by atoms with Gasteiger partial charge in [0, 0.05) is 57.7 Å². The minimum Gasteiger partial charge on any atom is -0.357 e. The second kappa shape index (κ2) is 9.25. The fraction of sp³-hybridized carbons (Fsp3) is 0.421. The zero-order valence-corrected chi connectivity index (χ0v) is 15.4. The summed E-state index contributed by atoms with van der Waals surface area (Å²) in [5, 5.41) is 3.29. The average Bonchev–Trinajstić information content (AvgIpc) is 2.67. The Labute approximate surface area is 158 Å². The van der Waals surface area contributed by atoms with Gasteiger partial charge in [-0.2, -0.15) is 0 Å². The van der Waals surface area contributed by atoms with Gasteiger partial charge in [-0.15, -0.1) is 0 Å². The van der Waals surface area contributed by atoms with Gasteiger partial charge in [-0.25, -0.2) is 18.7 Å². The Morgan fingerprint density at radius 1 is 1.07 bits per heavy atom. The van der Waals surface area contributed by atoms with E-state index in [0.29, 0.717) is 18.5 Å². The Kier molecular flexibility index (Phi) is 6.51. The molecule has 1 aliphatic heterocycles. The molecule has 0 saturated carbocycles. The number of nitrogens with one attached hydrogen (secondary N) is 1. The highest BCUT2D eigenvalue weighted by Gasteiger charge is 2.20. The molecule has 8 heteroatoms. The molecule has 0 unspecified atom stereocenters. The van der Waals surface area contributed by atoms with Crippen molar-refractivity contribution in [1.29, 1.82) is 0 Å². The number of hydrogen-bond donors (Lipinski definition) is 1. The second-order valence-corrected chi connectivity index (χ2v) is 6.29. The van der Waals surface area contributed by atoms with Crippen LogP contribution in [0.1, 0.15) is 12.5 Å². The van der Waals surface area contributed by atoms with Crippen molar-refractivity contribution in [3.63, 3.8) is 0 Å². The predicted molar refractivity (Wildman–Crippen MR) is 102 cm³/mol. The number of aliphatic imine (C=N–C) groups is 1. The minimum atomic E-state index is -0.555. The molecule has 2 aromatic rings. The zero-order valence-electron chi connectivity index (χ0n) is 15.4. The number of piperazine rings is 1. The molecule has 3 rings (SSSR count). The van der Waals surface area contributed by atoms with Crippen molar-refractivity contribution in [2.75, 3.05) is 44.2 Å². The van der Waals surface area contributed by atoms with E-state index < -0.39 is 11.6 Å². The van der Waals surface area contributed by atoms with Crippen LogP contribution in [0.3, 0.4) is 0 Å². The molecule has 1 saturated heterocycles. The van der Waals surface area contributed by atoms with E-state index in [0.717, 1.165) is 50.7 Å². The lowest BCUT2D eigenvalue weighted by molar-refractivity contribution is 0.370. The summed E-state index contributed by atoms with van der Waals surface area (Å²) in [6, 6.07) is 5.39. The number of nitrogens with zero attached hydrogens (tertiary/aromatic N) is 5. The van der Waals surface area contributed by atoms with E-state index in [-0.39, 0.29) is 0 Å². The number of benzene rings is 1. The van der Waals surface area contributed by atoms with Crippen LogP contribution in [0.15, 0.2) is 41.7 Å². The summed E-state index contributed by atoms with van der Waals surface area (Å²) >= 11 is 0. The molecular formula is C19H24F2N6. The summed E-state index contributed by atoms with van der Waals surface area (Å²) < 4.78 is 26.6. The maximum absolute atomic E-state index is 13.3. The third-order valence-electron chi connectivity index (χ3n) is 4.33. The van der Waals surface area contributed by atoms with Gasteiger partial charge in [-0.1, -0.05) is 0 Å². The molecule has 0 atom stereocenters. The fourth-order valence-corrected chi connectivity index (χ4v) is 3.04. The molecule has 1 aliphatic rings. The zero-order chi connectivity index (χ0) is 19.1. The minimum absolute atomic E-state index is 0.466. The number of halogens is 2. The Hall–Kier alpha value is -2.77. The third kappa shape index (κ3) is 5.35. The fourth-order valence-electron chi connectivity index (χ4n) is 3.04. The standard InChI is InChI=1S/C19H24F2N6/c1-2-22-18(25-7-4-15-12-16(20)14-17(21)13-15)26-8-10-27(11-9-26)19-23-5-3-6-24-19/h3,5-6,12-14H,2,4,7-11H2,1H3,(H,22,25). The van der Waals surface area contributed by atoms with Crippen LogP contribution in [0.25, 0.3) is 0 Å². The number of rotatable bonds is 5. The Morgan fingerprint density at radius 2 is 1.74 bits per heavy atom. The molecule has 1 fully saturated rings. The van der Waals surface area contributed by atoms with Gasteiger partial charge in [-0.05, 0) is 37.1 Å². The average molecular weight is 374 g/mol. The SMILES string of the molecule is CCNC(=NCCc1cc(F)cc(F)c1)N1CCN(c2ncccn2)CC1. The van der Waals surface area contributed by atoms with E-state index in [4.69, 9.17) is 0 Å². The van der Waals surface area contributed by atoms with Crippen LogP contribution < -0.4 is 10.2 Å². The van der Waals surface area contributed by atoms with Gasteiger partial charge in [0.05, 0.1) is 0 Å². The number of hydrogen-bond acceptors (Lipinski definition) is 4. The molecule has 1 N–H and O–H groups in total. The van der Waals surface area contributed by atoms with E-state index in [2.05, 4.69) is 30.1 Å². The lowest BCUT2D eigenvalue weighted by atomic mass is 10.1.